The maximum Gasteiger partial charge on any atom is 0.265 e. The maximum absolute atomic E-state index is 12.5. The van der Waals surface area contributed by atoms with Crippen molar-refractivity contribution in [2.24, 2.45) is 0 Å². The highest BCUT2D eigenvalue weighted by Gasteiger charge is 2.20. The molecule has 0 aliphatic heterocycles. The largest absolute Gasteiger partial charge is 0.495 e. The summed E-state index contributed by atoms with van der Waals surface area (Å²) in [7, 11) is -2.29. The number of hydrogen-bond donors (Lipinski definition) is 2. The Bertz CT molecular complexity index is 770. The molecule has 6 heteroatoms. The molecule has 0 radical (unpaired) electrons. The van der Waals surface area contributed by atoms with Gasteiger partial charge in [-0.2, -0.15) is 0 Å². The number of rotatable bonds is 4. The van der Waals surface area contributed by atoms with Crippen molar-refractivity contribution >= 4 is 21.4 Å². The van der Waals surface area contributed by atoms with E-state index in [1.807, 2.05) is 6.92 Å². The first-order valence-electron chi connectivity index (χ1n) is 6.37. The van der Waals surface area contributed by atoms with Crippen LogP contribution in [0.15, 0.2) is 41.3 Å². The summed E-state index contributed by atoms with van der Waals surface area (Å²) < 4.78 is 32.8. The minimum atomic E-state index is -3.73. The van der Waals surface area contributed by atoms with Gasteiger partial charge in [-0.3, -0.25) is 4.72 Å². The van der Waals surface area contributed by atoms with E-state index in [2.05, 4.69) is 4.72 Å². The molecule has 0 aliphatic rings. The lowest BCUT2D eigenvalue weighted by molar-refractivity contribution is 0.402. The third-order valence-electron chi connectivity index (χ3n) is 3.10. The number of sulfonamides is 1. The molecule has 2 aromatic rings. The van der Waals surface area contributed by atoms with E-state index in [9.17, 15) is 8.42 Å². The van der Waals surface area contributed by atoms with Gasteiger partial charge in [0.05, 0.1) is 12.8 Å². The van der Waals surface area contributed by atoms with Crippen molar-refractivity contribution in [2.75, 3.05) is 17.6 Å². The number of aryl methyl sites for hydroxylation is 2. The second kappa shape index (κ2) is 5.65. The van der Waals surface area contributed by atoms with Gasteiger partial charge in [-0.05, 0) is 55.3 Å². The molecular formula is C15H18N2O3S. The van der Waals surface area contributed by atoms with Crippen molar-refractivity contribution < 1.29 is 13.2 Å². The van der Waals surface area contributed by atoms with Crippen LogP contribution in [0.3, 0.4) is 0 Å². The van der Waals surface area contributed by atoms with Gasteiger partial charge in [0.1, 0.15) is 10.6 Å². The minimum absolute atomic E-state index is 0.112. The lowest BCUT2D eigenvalue weighted by Gasteiger charge is -2.14. The molecule has 21 heavy (non-hydrogen) atoms. The van der Waals surface area contributed by atoms with E-state index < -0.39 is 10.0 Å². The molecule has 0 unspecified atom stereocenters. The molecule has 2 rings (SSSR count). The molecule has 5 nitrogen and oxygen atoms in total. The highest BCUT2D eigenvalue weighted by molar-refractivity contribution is 7.92. The monoisotopic (exact) mass is 306 g/mol. The summed E-state index contributed by atoms with van der Waals surface area (Å²) in [6.45, 7) is 3.62. The Morgan fingerprint density at radius 2 is 1.81 bits per heavy atom. The van der Waals surface area contributed by atoms with Crippen molar-refractivity contribution in [3.63, 3.8) is 0 Å². The van der Waals surface area contributed by atoms with Gasteiger partial charge < -0.3 is 10.5 Å². The quantitative estimate of drug-likeness (QED) is 0.851. The molecule has 112 valence electrons. The Hall–Kier alpha value is -2.21. The molecule has 0 aromatic heterocycles. The van der Waals surface area contributed by atoms with Crippen molar-refractivity contribution in [1.29, 1.82) is 0 Å². The van der Waals surface area contributed by atoms with Crippen LogP contribution in [0.2, 0.25) is 0 Å². The maximum atomic E-state index is 12.5. The van der Waals surface area contributed by atoms with Gasteiger partial charge in [0.25, 0.3) is 10.0 Å². The zero-order valence-corrected chi connectivity index (χ0v) is 13.0. The fourth-order valence-corrected chi connectivity index (χ4v) is 3.38. The molecule has 2 aromatic carbocycles. The van der Waals surface area contributed by atoms with Crippen LogP contribution in [-0.4, -0.2) is 15.5 Å². The van der Waals surface area contributed by atoms with E-state index in [-0.39, 0.29) is 4.90 Å². The summed E-state index contributed by atoms with van der Waals surface area (Å²) in [5, 5.41) is 0. The van der Waals surface area contributed by atoms with Crippen LogP contribution in [0.1, 0.15) is 11.1 Å². The van der Waals surface area contributed by atoms with E-state index in [1.54, 1.807) is 43.3 Å². The highest BCUT2D eigenvalue weighted by atomic mass is 32.2. The molecule has 0 amide bonds. The molecule has 0 fully saturated rings. The Kier molecular flexibility index (Phi) is 4.09. The summed E-state index contributed by atoms with van der Waals surface area (Å²) in [5.74, 6) is 0.307. The molecule has 0 aliphatic carbocycles. The number of nitrogen functional groups attached to an aromatic ring is 1. The normalized spacial score (nSPS) is 11.2. The van der Waals surface area contributed by atoms with E-state index in [0.717, 1.165) is 11.1 Å². The van der Waals surface area contributed by atoms with E-state index >= 15 is 0 Å². The lowest BCUT2D eigenvalue weighted by Crippen LogP contribution is -2.15. The summed E-state index contributed by atoms with van der Waals surface area (Å²) in [4.78, 5) is 0.112. The number of nitrogens with two attached hydrogens (primary N) is 1. The van der Waals surface area contributed by atoms with Crippen LogP contribution in [0.5, 0.6) is 5.75 Å². The van der Waals surface area contributed by atoms with Gasteiger partial charge >= 0.3 is 0 Å². The standard InChI is InChI=1S/C15H18N2O3S/c1-10-4-7-14(20-3)15(8-10)21(18,19)17-13-6-5-12(16)9-11(13)2/h4-9,17H,16H2,1-3H3. The van der Waals surface area contributed by atoms with Gasteiger partial charge in [-0.15, -0.1) is 0 Å². The van der Waals surface area contributed by atoms with E-state index in [0.29, 0.717) is 17.1 Å². The highest BCUT2D eigenvalue weighted by Crippen LogP contribution is 2.28. The van der Waals surface area contributed by atoms with Gasteiger partial charge in [0.15, 0.2) is 0 Å². The Morgan fingerprint density at radius 1 is 1.10 bits per heavy atom. The second-order valence-corrected chi connectivity index (χ2v) is 6.48. The van der Waals surface area contributed by atoms with Crippen molar-refractivity contribution in [1.82, 2.24) is 0 Å². The summed E-state index contributed by atoms with van der Waals surface area (Å²) in [5.41, 5.74) is 8.34. The molecule has 0 saturated carbocycles. The van der Waals surface area contributed by atoms with E-state index in [4.69, 9.17) is 10.5 Å². The predicted octanol–water partition coefficient (Wildman–Crippen LogP) is 2.70. The van der Waals surface area contributed by atoms with Gasteiger partial charge in [0, 0.05) is 5.69 Å². The van der Waals surface area contributed by atoms with E-state index in [1.165, 1.54) is 7.11 Å². The summed E-state index contributed by atoms with van der Waals surface area (Å²) >= 11 is 0. The smallest absolute Gasteiger partial charge is 0.265 e. The SMILES string of the molecule is COc1ccc(C)cc1S(=O)(=O)Nc1ccc(N)cc1C. The summed E-state index contributed by atoms with van der Waals surface area (Å²) in [6.07, 6.45) is 0. The number of anilines is 2. The zero-order valence-electron chi connectivity index (χ0n) is 12.2. The first-order valence-corrected chi connectivity index (χ1v) is 7.85. The molecule has 0 atom stereocenters. The number of ether oxygens (including phenoxy) is 1. The molecule has 0 bridgehead atoms. The Balaban J connectivity index is 2.45. The minimum Gasteiger partial charge on any atom is -0.495 e. The number of nitrogens with one attached hydrogen (secondary N) is 1. The number of methoxy groups -OCH3 is 1. The third-order valence-corrected chi connectivity index (χ3v) is 4.49. The van der Waals surface area contributed by atoms with Crippen LogP contribution in [0.4, 0.5) is 11.4 Å². The van der Waals surface area contributed by atoms with Crippen LogP contribution in [0, 0.1) is 13.8 Å². The third kappa shape index (κ3) is 3.28. The van der Waals surface area contributed by atoms with Crippen LogP contribution in [0.25, 0.3) is 0 Å². The fourth-order valence-electron chi connectivity index (χ4n) is 2.00. The first-order chi connectivity index (χ1) is 9.83. The van der Waals surface area contributed by atoms with Crippen molar-refractivity contribution in [2.45, 2.75) is 18.7 Å². The van der Waals surface area contributed by atoms with Gasteiger partial charge in [0.2, 0.25) is 0 Å². The average molecular weight is 306 g/mol. The lowest BCUT2D eigenvalue weighted by atomic mass is 10.2. The molecular weight excluding hydrogens is 288 g/mol. The Labute approximate surface area is 124 Å². The fraction of sp³-hybridized carbons (Fsp3) is 0.200. The predicted molar refractivity (Wildman–Crippen MR) is 84.1 cm³/mol. The van der Waals surface area contributed by atoms with Crippen LogP contribution >= 0.6 is 0 Å². The van der Waals surface area contributed by atoms with Gasteiger partial charge in [-0.25, -0.2) is 8.42 Å². The van der Waals surface area contributed by atoms with Crippen LogP contribution < -0.4 is 15.2 Å². The number of benzene rings is 2. The average Bonchev–Trinajstić information content (AvgIpc) is 2.42. The van der Waals surface area contributed by atoms with Crippen molar-refractivity contribution in [3.05, 3.63) is 47.5 Å². The number of hydrogen-bond acceptors (Lipinski definition) is 4. The topological polar surface area (TPSA) is 81.4 Å². The zero-order chi connectivity index (χ0) is 15.6. The van der Waals surface area contributed by atoms with Crippen LogP contribution in [-0.2, 0) is 10.0 Å². The summed E-state index contributed by atoms with van der Waals surface area (Å²) in [6, 6.07) is 10.0. The van der Waals surface area contributed by atoms with Crippen molar-refractivity contribution in [3.8, 4) is 5.75 Å². The first kappa shape index (κ1) is 15.2. The molecule has 0 heterocycles. The Morgan fingerprint density at radius 3 is 2.43 bits per heavy atom. The molecule has 3 N–H and O–H groups in total. The second-order valence-electron chi connectivity index (χ2n) is 4.83. The molecule has 0 saturated heterocycles. The van der Waals surface area contributed by atoms with Gasteiger partial charge in [-0.1, -0.05) is 6.07 Å². The molecule has 0 spiro atoms.